The van der Waals surface area contributed by atoms with Crippen LogP contribution in [0.3, 0.4) is 0 Å². The Labute approximate surface area is 718 Å². The number of rotatable bonds is 55. The Kier molecular flexibility index (Phi) is 47.2. The summed E-state index contributed by atoms with van der Waals surface area (Å²) < 4.78 is 0. The largest absolute Gasteiger partial charge is 0.508 e. The number of carbonyl (C=O) groups excluding carboxylic acids is 18. The molecule has 1 heterocycles. The number of hydrogen-bond acceptors (Lipinski definition) is 25. The van der Waals surface area contributed by atoms with E-state index in [1.165, 1.54) is 45.0 Å². The second-order valence-corrected chi connectivity index (χ2v) is 32.8. The molecule has 1 aliphatic heterocycles. The number of amides is 18. The number of carboxylic acid groups (broad SMARTS) is 2. The fraction of sp³-hybridized carbons (Fsp3) is 0.671. The maximum Gasteiger partial charge on any atom is 0.325 e. The SMILES string of the molecule is CC(C)C[C@H](NC(=O)[C@H](CCC(=O)O)NC(=O)CNC(=O)[C@@H](NC(=O)[C@H](CC(C)C)NC(=O)[C@H](CCC(N)=O)NC(=O)[C@H](C)N)C(C)C)C(=O)NCC(=O)N[C@@H](CO)C(=O)N[C@@H](CC(C)C)C(=O)N[C@@H](Cc1ccc(O)cc1)C(=O)NCC(=O)N1CCC[C@H]1C(=O)N[C@@H](CC(C)C)C(=O)N[C@@H](CO)C(=O)N[C@H](C(=O)N[C@@H](CO)C(=O)N[C@@H](C)C(=O)O)C(C)C. The van der Waals surface area contributed by atoms with Crippen molar-refractivity contribution in [3.63, 3.8) is 0 Å². The third kappa shape index (κ3) is 39.2. The fourth-order valence-corrected chi connectivity index (χ4v) is 12.5. The van der Waals surface area contributed by atoms with Gasteiger partial charge in [0, 0.05) is 25.8 Å². The summed E-state index contributed by atoms with van der Waals surface area (Å²) in [4.78, 5) is 268. The Bertz CT molecular complexity index is 3860. The number of aliphatic hydroxyl groups excluding tert-OH is 3. The Morgan fingerprint density at radius 1 is 0.395 bits per heavy atom. The van der Waals surface area contributed by atoms with Crippen LogP contribution in [0.15, 0.2) is 24.3 Å². The van der Waals surface area contributed by atoms with Crippen molar-refractivity contribution in [1.82, 2.24) is 90.0 Å². The van der Waals surface area contributed by atoms with Gasteiger partial charge in [0.05, 0.1) is 45.5 Å². The van der Waals surface area contributed by atoms with Gasteiger partial charge in [-0.05, 0) is 118 Å². The van der Waals surface area contributed by atoms with E-state index in [0.29, 0.717) is 5.56 Å². The van der Waals surface area contributed by atoms with Crippen molar-refractivity contribution in [2.75, 3.05) is 46.0 Å². The minimum Gasteiger partial charge on any atom is -0.508 e. The second kappa shape index (κ2) is 54.0. The highest BCUT2D eigenvalue weighted by atomic mass is 16.4. The number of likely N-dealkylation sites (tertiary alicyclic amines) is 1. The Morgan fingerprint density at radius 3 is 1.19 bits per heavy atom. The monoisotopic (exact) mass is 1760 g/mol. The van der Waals surface area contributed by atoms with Crippen LogP contribution >= 0.6 is 0 Å². The molecule has 1 fully saturated rings. The number of phenolic OH excluding ortho intramolecular Hbond substituents is 1. The first-order chi connectivity index (χ1) is 57.9. The molecule has 18 amide bonds. The van der Waals surface area contributed by atoms with Gasteiger partial charge in [0.2, 0.25) is 106 Å². The zero-order valence-corrected chi connectivity index (χ0v) is 72.6. The normalized spacial score (nSPS) is 15.9. The van der Waals surface area contributed by atoms with Crippen molar-refractivity contribution in [1.29, 1.82) is 0 Å². The van der Waals surface area contributed by atoms with Crippen LogP contribution < -0.4 is 96.5 Å². The molecule has 26 N–H and O–H groups in total. The van der Waals surface area contributed by atoms with Gasteiger partial charge in [-0.3, -0.25) is 95.9 Å². The van der Waals surface area contributed by atoms with Crippen molar-refractivity contribution < 1.29 is 127 Å². The molecule has 45 nitrogen and oxygen atoms in total. The predicted molar refractivity (Wildman–Crippen MR) is 442 cm³/mol. The number of benzene rings is 1. The Balaban J connectivity index is 2.27. The van der Waals surface area contributed by atoms with Crippen LogP contribution in [-0.2, 0) is 102 Å². The molecule has 0 bridgehead atoms. The number of aliphatic carboxylic acids is 2. The van der Waals surface area contributed by atoms with Gasteiger partial charge in [0.1, 0.15) is 90.3 Å². The van der Waals surface area contributed by atoms with Gasteiger partial charge in [-0.2, -0.15) is 0 Å². The molecule has 0 saturated carbocycles. The molecule has 0 spiro atoms. The molecule has 696 valence electrons. The van der Waals surface area contributed by atoms with Crippen LogP contribution in [0.25, 0.3) is 0 Å². The molecular formula is C79H129N19O26. The standard InChI is InChI=1S/C79H129N19O26/c1-37(2)26-49(89-68(112)47(22-24-62(107)108)86-59(104)32-83-77(121)63(41(9)10)96-72(116)52(29-40(7)8)90-69(113)48(21-23-58(81)103)88-65(109)43(13)80)66(110)82-31-60(105)87-54(34-99)74(118)91-50(27-38(3)4)70(114)92-53(30-45-17-19-46(102)20-18-45)67(111)84-33-61(106)98-25-15-16-57(98)76(120)93-51(28-39(5)6)71(115)94-56(36-101)75(119)97-64(42(11)12)78(122)95-55(35-100)73(117)85-44(14)79(123)124/h17-20,37-44,47-57,63-64,99-102H,15-16,21-36,80H2,1-14H3,(H2,81,103)(H,82,110)(H,83,121)(H,84,111)(H,85,117)(H,86,104)(H,87,105)(H,88,109)(H,89,112)(H,90,113)(H,91,118)(H,92,114)(H,93,120)(H,94,115)(H,95,122)(H,96,116)(H,97,119)(H,107,108)(H,123,124)/t43-,44-,47-,48-,49-,50-,51-,52-,53-,54-,55-,56-,57-,63-,64-/m0/s1. The van der Waals surface area contributed by atoms with Crippen molar-refractivity contribution in [3.8, 4) is 5.75 Å². The van der Waals surface area contributed by atoms with Gasteiger partial charge < -0.3 is 132 Å². The smallest absolute Gasteiger partial charge is 0.325 e. The van der Waals surface area contributed by atoms with E-state index in [2.05, 4.69) is 85.1 Å². The number of aliphatic hydroxyl groups is 3. The van der Waals surface area contributed by atoms with Gasteiger partial charge >= 0.3 is 11.9 Å². The summed E-state index contributed by atoms with van der Waals surface area (Å²) in [6.45, 7) is 16.7. The van der Waals surface area contributed by atoms with Gasteiger partial charge in [-0.25, -0.2) is 0 Å². The molecule has 45 heteroatoms. The zero-order chi connectivity index (χ0) is 94.3. The molecule has 1 aliphatic rings. The number of phenols is 1. The molecule has 0 radical (unpaired) electrons. The minimum atomic E-state index is -1.80. The highest BCUT2D eigenvalue weighted by Crippen LogP contribution is 2.20. The van der Waals surface area contributed by atoms with Crippen molar-refractivity contribution in [3.05, 3.63) is 29.8 Å². The Hall–Kier alpha value is -11.7. The Morgan fingerprint density at radius 2 is 0.742 bits per heavy atom. The maximum atomic E-state index is 14.4. The first-order valence-electron chi connectivity index (χ1n) is 41.1. The minimum absolute atomic E-state index is 0.00259. The summed E-state index contributed by atoms with van der Waals surface area (Å²) in [5, 5.41) is 98.0. The van der Waals surface area contributed by atoms with Gasteiger partial charge in [-0.15, -0.1) is 0 Å². The van der Waals surface area contributed by atoms with Crippen molar-refractivity contribution >= 4 is 118 Å². The molecule has 1 aromatic carbocycles. The number of carbonyl (C=O) groups is 20. The topological polar surface area (TPSA) is 711 Å². The number of aromatic hydroxyl groups is 1. The molecule has 2 rings (SSSR count). The van der Waals surface area contributed by atoms with E-state index in [-0.39, 0.29) is 93.8 Å². The van der Waals surface area contributed by atoms with E-state index >= 15 is 0 Å². The molecule has 1 saturated heterocycles. The predicted octanol–water partition coefficient (Wildman–Crippen LogP) is -7.37. The first kappa shape index (κ1) is 108. The molecule has 0 aliphatic carbocycles. The number of nitrogens with zero attached hydrogens (tertiary/aromatic N) is 1. The number of nitrogens with two attached hydrogens (primary N) is 2. The van der Waals surface area contributed by atoms with Crippen molar-refractivity contribution in [2.45, 2.75) is 258 Å². The quantitative estimate of drug-likeness (QED) is 0.0288. The van der Waals surface area contributed by atoms with E-state index < -0.39 is 273 Å². The lowest BCUT2D eigenvalue weighted by atomic mass is 9.99. The second-order valence-electron chi connectivity index (χ2n) is 32.8. The maximum absolute atomic E-state index is 14.4. The highest BCUT2D eigenvalue weighted by Gasteiger charge is 2.41. The van der Waals surface area contributed by atoms with E-state index in [1.54, 1.807) is 69.2 Å². The molecular weight excluding hydrogens is 1630 g/mol. The summed E-state index contributed by atoms with van der Waals surface area (Å²) in [7, 11) is 0. The molecule has 0 aromatic heterocycles. The van der Waals surface area contributed by atoms with E-state index in [0.717, 1.165) is 11.8 Å². The zero-order valence-electron chi connectivity index (χ0n) is 72.6. The number of nitrogens with one attached hydrogen (secondary N) is 16. The summed E-state index contributed by atoms with van der Waals surface area (Å²) in [6, 6.07) is -16.3. The fourth-order valence-electron chi connectivity index (χ4n) is 12.5. The lowest BCUT2D eigenvalue weighted by Crippen LogP contribution is -2.61. The number of hydrogen-bond donors (Lipinski definition) is 24. The van der Waals surface area contributed by atoms with E-state index in [4.69, 9.17) is 11.5 Å². The number of primary amides is 1. The van der Waals surface area contributed by atoms with Gasteiger partial charge in [0.25, 0.3) is 0 Å². The first-order valence-corrected chi connectivity index (χ1v) is 41.1. The average Bonchev–Trinajstić information content (AvgIpc) is 1.63. The molecule has 1 aromatic rings. The number of carboxylic acids is 2. The van der Waals surface area contributed by atoms with E-state index in [1.807, 2.05) is 0 Å². The average molecular weight is 1760 g/mol. The highest BCUT2D eigenvalue weighted by molar-refractivity contribution is 6.01. The van der Waals surface area contributed by atoms with Crippen LogP contribution in [0, 0.1) is 35.5 Å². The van der Waals surface area contributed by atoms with Gasteiger partial charge in [-0.1, -0.05) is 95.2 Å². The van der Waals surface area contributed by atoms with Crippen LogP contribution in [-0.4, -0.2) is 290 Å². The third-order valence-electron chi connectivity index (χ3n) is 19.2. The summed E-state index contributed by atoms with van der Waals surface area (Å²) in [6.07, 6.45) is -1.95. The molecule has 124 heavy (non-hydrogen) atoms. The molecule has 0 unspecified atom stereocenters. The van der Waals surface area contributed by atoms with Gasteiger partial charge in [0.15, 0.2) is 0 Å². The van der Waals surface area contributed by atoms with Crippen LogP contribution in [0.1, 0.15) is 167 Å². The van der Waals surface area contributed by atoms with Crippen LogP contribution in [0.4, 0.5) is 0 Å². The lowest BCUT2D eigenvalue weighted by molar-refractivity contribution is -0.142. The van der Waals surface area contributed by atoms with Crippen molar-refractivity contribution in [2.24, 2.45) is 47.0 Å². The van der Waals surface area contributed by atoms with Crippen LogP contribution in [0.5, 0.6) is 5.75 Å². The summed E-state index contributed by atoms with van der Waals surface area (Å²) >= 11 is 0. The summed E-state index contributed by atoms with van der Waals surface area (Å²) in [5.74, 6) is -22.5. The lowest BCUT2D eigenvalue weighted by Gasteiger charge is -2.29. The van der Waals surface area contributed by atoms with Crippen LogP contribution in [0.2, 0.25) is 0 Å². The molecule has 15 atom stereocenters. The van der Waals surface area contributed by atoms with E-state index in [9.17, 15) is 127 Å². The third-order valence-corrected chi connectivity index (χ3v) is 19.2. The summed E-state index contributed by atoms with van der Waals surface area (Å²) in [5.41, 5.74) is 11.3.